The second kappa shape index (κ2) is 11.8. The maximum atomic E-state index is 15.4. The third-order valence-corrected chi connectivity index (χ3v) is 8.56. The summed E-state index contributed by atoms with van der Waals surface area (Å²) in [6, 6.07) is 19.4. The summed E-state index contributed by atoms with van der Waals surface area (Å²) in [4.78, 5) is 29.3. The number of aromatic amines is 2. The van der Waals surface area contributed by atoms with E-state index < -0.39 is 21.5 Å². The van der Waals surface area contributed by atoms with Gasteiger partial charge in [0, 0.05) is 52.4 Å². The van der Waals surface area contributed by atoms with Gasteiger partial charge in [0.25, 0.3) is 5.91 Å². The van der Waals surface area contributed by atoms with E-state index in [1.165, 1.54) is 30.6 Å². The lowest BCUT2D eigenvalue weighted by Crippen LogP contribution is -2.11. The minimum atomic E-state index is -3.24. The number of benzene rings is 3. The topological polar surface area (TPSA) is 146 Å². The lowest BCUT2D eigenvalue weighted by Gasteiger charge is -2.08. The maximum Gasteiger partial charge on any atom is 0.255 e. The molecule has 0 aliphatic heterocycles. The Morgan fingerprint density at radius 3 is 2.55 bits per heavy atom. The smallest absolute Gasteiger partial charge is 0.255 e. The number of fused-ring (bicyclic) bond motifs is 2. The van der Waals surface area contributed by atoms with Gasteiger partial charge in [0.15, 0.2) is 5.82 Å². The first kappa shape index (κ1) is 29.9. The zero-order valence-corrected chi connectivity index (χ0v) is 25.6. The van der Waals surface area contributed by atoms with Crippen molar-refractivity contribution in [1.29, 1.82) is 0 Å². The molecule has 0 atom stereocenters. The number of aryl methyl sites for hydroxylation is 1. The highest BCUT2D eigenvalue weighted by atomic mass is 32.2. The fourth-order valence-corrected chi connectivity index (χ4v) is 5.99. The first-order valence-corrected chi connectivity index (χ1v) is 16.5. The van der Waals surface area contributed by atoms with Crippen LogP contribution in [0.2, 0.25) is 0 Å². The standard InChI is InChI=1S/C34H25F2N7O3S/c1-47(45,46)10-8-19-11-21(13-23(35)12-19)30-32-28(7-9-38-30)40-33(41-32)31-26-15-25(27(36)16-29(26)42-43-31)22-14-24(18-37-17-22)39-34(44)20-5-3-2-4-6-20/h2-7,9,11-18H,8,10H2,1H3,(H,39,44)(H,40,41)(H,42,43). The minimum absolute atomic E-state index is 0.114. The van der Waals surface area contributed by atoms with Crippen LogP contribution < -0.4 is 5.32 Å². The van der Waals surface area contributed by atoms with Crippen molar-refractivity contribution >= 4 is 43.4 Å². The number of hydrogen-bond donors (Lipinski definition) is 3. The summed E-state index contributed by atoms with van der Waals surface area (Å²) < 4.78 is 53.4. The highest BCUT2D eigenvalue weighted by Gasteiger charge is 2.19. The fraction of sp³-hybridized carbons (Fsp3) is 0.0882. The molecular formula is C34H25F2N7O3S. The number of H-pyrrole nitrogens is 2. The van der Waals surface area contributed by atoms with Crippen LogP contribution in [-0.4, -0.2) is 56.5 Å². The van der Waals surface area contributed by atoms with E-state index in [2.05, 4.69) is 30.5 Å². The monoisotopic (exact) mass is 649 g/mol. The van der Waals surface area contributed by atoms with Crippen LogP contribution in [0.5, 0.6) is 0 Å². The number of halogens is 2. The van der Waals surface area contributed by atoms with Crippen molar-refractivity contribution in [2.24, 2.45) is 0 Å². The molecule has 0 radical (unpaired) electrons. The van der Waals surface area contributed by atoms with Gasteiger partial charge in [-0.05, 0) is 60.5 Å². The number of nitrogens with zero attached hydrogens (tertiary/aromatic N) is 4. The van der Waals surface area contributed by atoms with Crippen LogP contribution in [0.15, 0.2) is 91.4 Å². The molecule has 0 fully saturated rings. The quantitative estimate of drug-likeness (QED) is 0.174. The second-order valence-corrected chi connectivity index (χ2v) is 13.4. The second-order valence-electron chi connectivity index (χ2n) is 11.1. The Kier molecular flexibility index (Phi) is 7.52. The number of rotatable bonds is 8. The number of carbonyl (C=O) groups is 1. The van der Waals surface area contributed by atoms with Crippen molar-refractivity contribution in [2.45, 2.75) is 6.42 Å². The Bertz CT molecular complexity index is 2430. The van der Waals surface area contributed by atoms with E-state index in [0.29, 0.717) is 67.1 Å². The van der Waals surface area contributed by atoms with Gasteiger partial charge in [-0.1, -0.05) is 18.2 Å². The molecular weight excluding hydrogens is 624 g/mol. The Balaban J connectivity index is 1.25. The van der Waals surface area contributed by atoms with E-state index in [4.69, 9.17) is 4.98 Å². The van der Waals surface area contributed by atoms with Crippen molar-refractivity contribution in [3.05, 3.63) is 114 Å². The van der Waals surface area contributed by atoms with Crippen LogP contribution in [-0.2, 0) is 16.3 Å². The molecule has 3 N–H and O–H groups in total. The number of sulfone groups is 1. The molecule has 0 aliphatic carbocycles. The highest BCUT2D eigenvalue weighted by Crippen LogP contribution is 2.34. The summed E-state index contributed by atoms with van der Waals surface area (Å²) >= 11 is 0. The van der Waals surface area contributed by atoms with Crippen molar-refractivity contribution in [2.75, 3.05) is 17.3 Å². The Morgan fingerprint density at radius 2 is 1.74 bits per heavy atom. The Labute approximate surface area is 266 Å². The molecule has 10 nitrogen and oxygen atoms in total. The number of aromatic nitrogens is 6. The van der Waals surface area contributed by atoms with Crippen molar-refractivity contribution in [3.8, 4) is 33.9 Å². The van der Waals surface area contributed by atoms with Gasteiger partial charge in [0.2, 0.25) is 0 Å². The molecule has 234 valence electrons. The van der Waals surface area contributed by atoms with Crippen LogP contribution in [0.3, 0.4) is 0 Å². The fourth-order valence-electron chi connectivity index (χ4n) is 5.38. The number of nitrogens with one attached hydrogen (secondary N) is 3. The molecule has 7 aromatic rings. The minimum Gasteiger partial charge on any atom is -0.336 e. The number of imidazole rings is 1. The average molecular weight is 650 g/mol. The Hall–Kier alpha value is -5.82. The van der Waals surface area contributed by atoms with Crippen LogP contribution in [0.4, 0.5) is 14.5 Å². The number of carbonyl (C=O) groups excluding carboxylic acids is 1. The van der Waals surface area contributed by atoms with Gasteiger partial charge in [-0.2, -0.15) is 5.10 Å². The van der Waals surface area contributed by atoms with Gasteiger partial charge in [0.05, 0.1) is 34.4 Å². The van der Waals surface area contributed by atoms with E-state index in [-0.39, 0.29) is 23.6 Å². The number of hydrogen-bond acceptors (Lipinski definition) is 7. The van der Waals surface area contributed by atoms with Gasteiger partial charge in [-0.25, -0.2) is 22.2 Å². The van der Waals surface area contributed by atoms with Crippen LogP contribution in [0.25, 0.3) is 55.8 Å². The van der Waals surface area contributed by atoms with Gasteiger partial charge in [-0.15, -0.1) is 0 Å². The van der Waals surface area contributed by atoms with E-state index in [1.807, 2.05) is 6.07 Å². The van der Waals surface area contributed by atoms with E-state index >= 15 is 4.39 Å². The molecule has 0 saturated carbocycles. The normalized spacial score (nSPS) is 11.7. The van der Waals surface area contributed by atoms with Crippen molar-refractivity contribution in [3.63, 3.8) is 0 Å². The zero-order valence-electron chi connectivity index (χ0n) is 24.8. The van der Waals surface area contributed by atoms with Gasteiger partial charge in [-0.3, -0.25) is 19.9 Å². The molecule has 0 bridgehead atoms. The van der Waals surface area contributed by atoms with Crippen molar-refractivity contribution < 1.29 is 22.0 Å². The summed E-state index contributed by atoms with van der Waals surface area (Å²) in [5, 5.41) is 10.6. The molecule has 13 heteroatoms. The van der Waals surface area contributed by atoms with E-state index in [9.17, 15) is 17.6 Å². The lowest BCUT2D eigenvalue weighted by molar-refractivity contribution is 0.102. The lowest BCUT2D eigenvalue weighted by atomic mass is 10.0. The predicted molar refractivity (Wildman–Crippen MR) is 175 cm³/mol. The number of pyridine rings is 2. The summed E-state index contributed by atoms with van der Waals surface area (Å²) in [5.41, 5.74) is 4.83. The average Bonchev–Trinajstić information content (AvgIpc) is 3.67. The molecule has 3 aromatic carbocycles. The summed E-state index contributed by atoms with van der Waals surface area (Å²) in [6.07, 6.45) is 5.84. The first-order valence-electron chi connectivity index (χ1n) is 14.4. The molecule has 0 aliphatic rings. The Morgan fingerprint density at radius 1 is 0.915 bits per heavy atom. The summed E-state index contributed by atoms with van der Waals surface area (Å²) in [5.74, 6) is -1.10. The third-order valence-electron chi connectivity index (χ3n) is 7.61. The van der Waals surface area contributed by atoms with Crippen molar-refractivity contribution in [1.82, 2.24) is 30.1 Å². The molecule has 4 aromatic heterocycles. The number of amides is 1. The summed E-state index contributed by atoms with van der Waals surface area (Å²) in [6.45, 7) is 0. The van der Waals surface area contributed by atoms with Crippen LogP contribution in [0, 0.1) is 11.6 Å². The van der Waals surface area contributed by atoms with Crippen LogP contribution in [0.1, 0.15) is 15.9 Å². The maximum absolute atomic E-state index is 15.4. The molecule has 0 unspecified atom stereocenters. The van der Waals surface area contributed by atoms with Crippen LogP contribution >= 0.6 is 0 Å². The zero-order chi connectivity index (χ0) is 32.7. The number of anilines is 1. The van der Waals surface area contributed by atoms with Gasteiger partial charge in [0.1, 0.15) is 32.7 Å². The SMILES string of the molecule is CS(=O)(=O)CCc1cc(F)cc(-c2nccc3[nH]c(-c4n[nH]c5cc(F)c(-c6cncc(NC(=O)c7ccccc7)c6)cc45)nc23)c1. The molecule has 1 amide bonds. The van der Waals surface area contributed by atoms with E-state index in [1.54, 1.807) is 54.7 Å². The van der Waals surface area contributed by atoms with E-state index in [0.717, 1.165) is 6.26 Å². The molecule has 7 rings (SSSR count). The third kappa shape index (κ3) is 6.20. The predicted octanol–water partition coefficient (Wildman–Crippen LogP) is 6.35. The largest absolute Gasteiger partial charge is 0.336 e. The summed E-state index contributed by atoms with van der Waals surface area (Å²) in [7, 11) is -3.24. The molecule has 47 heavy (non-hydrogen) atoms. The van der Waals surface area contributed by atoms with Gasteiger partial charge < -0.3 is 10.3 Å². The first-order chi connectivity index (χ1) is 22.6. The highest BCUT2D eigenvalue weighted by molar-refractivity contribution is 7.90. The molecule has 4 heterocycles. The molecule has 0 saturated heterocycles. The van der Waals surface area contributed by atoms with Gasteiger partial charge >= 0.3 is 0 Å². The molecule has 0 spiro atoms.